The molecule has 2 atom stereocenters. The average Bonchev–Trinajstić information content (AvgIpc) is 3.38. The SMILES string of the molecule is CCCCCCCCCCCCCCCCCCCCCCCC(O)C(CO)NC(=O)CCCCCCCCCCCCCCCCCCCCCCCOC(=O)CCCCCCCCCCCCCCC. The van der Waals surface area contributed by atoms with Crippen molar-refractivity contribution in [2.75, 3.05) is 13.2 Å². The highest BCUT2D eigenvalue weighted by atomic mass is 16.5. The first-order chi connectivity index (χ1) is 35.5. The second-order valence-corrected chi connectivity index (χ2v) is 23.2. The zero-order valence-corrected chi connectivity index (χ0v) is 49.2. The predicted octanol–water partition coefficient (Wildman–Crippen LogP) is 21.0. The van der Waals surface area contributed by atoms with Crippen molar-refractivity contribution in [1.29, 1.82) is 0 Å². The summed E-state index contributed by atoms with van der Waals surface area (Å²) in [7, 11) is 0. The van der Waals surface area contributed by atoms with Crippen molar-refractivity contribution in [1.82, 2.24) is 5.32 Å². The van der Waals surface area contributed by atoms with Gasteiger partial charge >= 0.3 is 5.97 Å². The van der Waals surface area contributed by atoms with Crippen molar-refractivity contribution in [3.8, 4) is 0 Å². The first-order valence-electron chi connectivity index (χ1n) is 33.3. The molecule has 0 aromatic carbocycles. The van der Waals surface area contributed by atoms with E-state index >= 15 is 0 Å². The highest BCUT2D eigenvalue weighted by Crippen LogP contribution is 2.19. The van der Waals surface area contributed by atoms with Crippen LogP contribution in [0.25, 0.3) is 0 Å². The zero-order valence-electron chi connectivity index (χ0n) is 49.2. The summed E-state index contributed by atoms with van der Waals surface area (Å²) >= 11 is 0. The van der Waals surface area contributed by atoms with Crippen molar-refractivity contribution < 1.29 is 24.5 Å². The lowest BCUT2D eigenvalue weighted by Gasteiger charge is -2.22. The molecule has 6 heteroatoms. The molecule has 3 N–H and O–H groups in total. The van der Waals surface area contributed by atoms with Crippen molar-refractivity contribution in [3.05, 3.63) is 0 Å². The Kier molecular flexibility index (Phi) is 61.4. The maximum Gasteiger partial charge on any atom is 0.305 e. The number of esters is 1. The van der Waals surface area contributed by atoms with E-state index in [2.05, 4.69) is 19.2 Å². The average molecular weight is 1020 g/mol. The van der Waals surface area contributed by atoms with Gasteiger partial charge in [0.15, 0.2) is 0 Å². The number of aliphatic hydroxyl groups excluding tert-OH is 2. The standard InChI is InChI=1S/C66H131NO5/c1-3-5-7-9-11-13-15-17-18-19-20-22-25-28-31-35-38-42-46-50-54-58-64(69)63(62-68)67-65(70)59-55-51-47-43-39-36-32-29-26-23-21-24-27-30-33-37-41-45-49-53-57-61-72-66(71)60-56-52-48-44-40-34-16-14-12-10-8-6-4-2/h63-64,68-69H,3-62H2,1-2H3,(H,67,70). The van der Waals surface area contributed by atoms with E-state index in [1.807, 2.05) is 0 Å². The fraction of sp³-hybridized carbons (Fsp3) is 0.970. The number of hydrogen-bond acceptors (Lipinski definition) is 5. The second kappa shape index (κ2) is 62.4. The number of hydrogen-bond donors (Lipinski definition) is 3. The van der Waals surface area contributed by atoms with E-state index in [1.165, 1.54) is 315 Å². The Morgan fingerprint density at radius 3 is 0.847 bits per heavy atom. The molecule has 0 fully saturated rings. The van der Waals surface area contributed by atoms with Gasteiger partial charge in [0.2, 0.25) is 5.91 Å². The van der Waals surface area contributed by atoms with Crippen molar-refractivity contribution in [2.45, 2.75) is 398 Å². The summed E-state index contributed by atoms with van der Waals surface area (Å²) in [5.41, 5.74) is 0. The Morgan fingerprint density at radius 1 is 0.333 bits per heavy atom. The number of carbonyl (C=O) groups excluding carboxylic acids is 2. The summed E-state index contributed by atoms with van der Waals surface area (Å²) in [6.45, 7) is 4.99. The third kappa shape index (κ3) is 58.1. The molecular weight excluding hydrogens is 887 g/mol. The van der Waals surface area contributed by atoms with Gasteiger partial charge in [-0.3, -0.25) is 9.59 Å². The first-order valence-corrected chi connectivity index (χ1v) is 33.3. The van der Waals surface area contributed by atoms with Crippen LogP contribution < -0.4 is 5.32 Å². The number of ether oxygens (including phenoxy) is 1. The Balaban J connectivity index is 3.37. The lowest BCUT2D eigenvalue weighted by molar-refractivity contribution is -0.143. The van der Waals surface area contributed by atoms with E-state index in [1.54, 1.807) is 0 Å². The lowest BCUT2D eigenvalue weighted by atomic mass is 10.0. The quantitative estimate of drug-likeness (QED) is 0.0417. The summed E-state index contributed by atoms with van der Waals surface area (Å²) in [6.07, 6.45) is 74.1. The smallest absolute Gasteiger partial charge is 0.305 e. The third-order valence-electron chi connectivity index (χ3n) is 15.9. The van der Waals surface area contributed by atoms with Gasteiger partial charge in [-0.25, -0.2) is 0 Å². The molecule has 0 aliphatic carbocycles. The van der Waals surface area contributed by atoms with Gasteiger partial charge in [0.1, 0.15) is 0 Å². The molecule has 0 aromatic rings. The van der Waals surface area contributed by atoms with E-state index in [0.29, 0.717) is 25.9 Å². The normalized spacial score (nSPS) is 12.4. The molecule has 0 aromatic heterocycles. The predicted molar refractivity (Wildman–Crippen MR) is 315 cm³/mol. The van der Waals surface area contributed by atoms with Crippen LogP contribution in [0.4, 0.5) is 0 Å². The molecule has 0 heterocycles. The van der Waals surface area contributed by atoms with Gasteiger partial charge in [-0.2, -0.15) is 0 Å². The maximum atomic E-state index is 12.5. The molecule has 0 spiro atoms. The number of aliphatic hydroxyl groups is 2. The number of carbonyl (C=O) groups is 2. The van der Waals surface area contributed by atoms with Crippen LogP contribution >= 0.6 is 0 Å². The Hall–Kier alpha value is -1.14. The minimum absolute atomic E-state index is 0.0149. The number of amides is 1. The fourth-order valence-corrected chi connectivity index (χ4v) is 10.8. The van der Waals surface area contributed by atoms with Crippen LogP contribution in [0, 0.1) is 0 Å². The molecule has 0 saturated carbocycles. The van der Waals surface area contributed by atoms with Gasteiger partial charge in [-0.1, -0.05) is 348 Å². The molecule has 0 aliphatic rings. The summed E-state index contributed by atoms with van der Waals surface area (Å²) in [6, 6.07) is -0.542. The minimum Gasteiger partial charge on any atom is -0.466 e. The molecule has 430 valence electrons. The number of unbranched alkanes of at least 4 members (excludes halogenated alkanes) is 52. The highest BCUT2D eigenvalue weighted by molar-refractivity contribution is 5.76. The summed E-state index contributed by atoms with van der Waals surface area (Å²) in [5.74, 6) is -0.0159. The molecular formula is C66H131NO5. The van der Waals surface area contributed by atoms with Crippen LogP contribution in [0.2, 0.25) is 0 Å². The Labute approximate surface area is 451 Å². The third-order valence-corrected chi connectivity index (χ3v) is 15.9. The summed E-state index contributed by atoms with van der Waals surface area (Å²) in [4.78, 5) is 24.6. The second-order valence-electron chi connectivity index (χ2n) is 23.2. The van der Waals surface area contributed by atoms with Crippen LogP contribution in [0.15, 0.2) is 0 Å². The van der Waals surface area contributed by atoms with E-state index < -0.39 is 12.1 Å². The van der Waals surface area contributed by atoms with Crippen LogP contribution in [0.3, 0.4) is 0 Å². The number of rotatable bonds is 63. The van der Waals surface area contributed by atoms with Gasteiger partial charge in [0.05, 0.1) is 25.4 Å². The van der Waals surface area contributed by atoms with Gasteiger partial charge in [-0.05, 0) is 25.7 Å². The van der Waals surface area contributed by atoms with Crippen LogP contribution in [-0.2, 0) is 14.3 Å². The zero-order chi connectivity index (χ0) is 52.2. The largest absolute Gasteiger partial charge is 0.466 e. The van der Waals surface area contributed by atoms with Crippen molar-refractivity contribution in [2.24, 2.45) is 0 Å². The van der Waals surface area contributed by atoms with Crippen LogP contribution in [0.5, 0.6) is 0 Å². The van der Waals surface area contributed by atoms with Crippen LogP contribution in [-0.4, -0.2) is 47.4 Å². The molecule has 1 amide bonds. The number of nitrogens with one attached hydrogen (secondary N) is 1. The Bertz CT molecular complexity index is 1040. The van der Waals surface area contributed by atoms with Crippen molar-refractivity contribution >= 4 is 11.9 Å². The van der Waals surface area contributed by atoms with Crippen molar-refractivity contribution in [3.63, 3.8) is 0 Å². The van der Waals surface area contributed by atoms with E-state index in [-0.39, 0.29) is 18.5 Å². The summed E-state index contributed by atoms with van der Waals surface area (Å²) < 4.78 is 5.48. The Morgan fingerprint density at radius 2 is 0.569 bits per heavy atom. The molecule has 0 bridgehead atoms. The molecule has 0 radical (unpaired) electrons. The molecule has 0 aliphatic heterocycles. The maximum absolute atomic E-state index is 12.5. The van der Waals surface area contributed by atoms with Gasteiger partial charge in [0, 0.05) is 12.8 Å². The highest BCUT2D eigenvalue weighted by Gasteiger charge is 2.20. The summed E-state index contributed by atoms with van der Waals surface area (Å²) in [5, 5.41) is 23.4. The fourth-order valence-electron chi connectivity index (χ4n) is 10.8. The molecule has 0 rings (SSSR count). The minimum atomic E-state index is -0.665. The molecule has 2 unspecified atom stereocenters. The topological polar surface area (TPSA) is 95.9 Å². The van der Waals surface area contributed by atoms with E-state index in [4.69, 9.17) is 4.74 Å². The molecule has 0 saturated heterocycles. The van der Waals surface area contributed by atoms with Gasteiger partial charge in [-0.15, -0.1) is 0 Å². The van der Waals surface area contributed by atoms with E-state index in [9.17, 15) is 19.8 Å². The van der Waals surface area contributed by atoms with Gasteiger partial charge in [0.25, 0.3) is 0 Å². The van der Waals surface area contributed by atoms with Gasteiger partial charge < -0.3 is 20.3 Å². The molecule has 6 nitrogen and oxygen atoms in total. The monoisotopic (exact) mass is 1020 g/mol. The first kappa shape index (κ1) is 70.9. The lowest BCUT2D eigenvalue weighted by Crippen LogP contribution is -2.45. The van der Waals surface area contributed by atoms with Crippen LogP contribution in [0.1, 0.15) is 386 Å². The molecule has 72 heavy (non-hydrogen) atoms. The van der Waals surface area contributed by atoms with E-state index in [0.717, 1.165) is 38.5 Å².